The van der Waals surface area contributed by atoms with E-state index in [1.165, 1.54) is 0 Å². The summed E-state index contributed by atoms with van der Waals surface area (Å²) in [6.45, 7) is 2.08. The van der Waals surface area contributed by atoms with Gasteiger partial charge in [-0.3, -0.25) is 0 Å². The number of rotatable bonds is 5. The van der Waals surface area contributed by atoms with Crippen molar-refractivity contribution in [1.29, 1.82) is 0 Å². The lowest BCUT2D eigenvalue weighted by Crippen LogP contribution is -2.44. The Balaban J connectivity index is 1.18. The number of aromatic nitrogens is 3. The number of halogens is 1. The van der Waals surface area contributed by atoms with Crippen LogP contribution >= 0.6 is 11.6 Å². The Bertz CT molecular complexity index is 1630. The maximum atomic E-state index is 13.2. The molecule has 5 aromatic rings. The molecule has 7 nitrogen and oxygen atoms in total. The lowest BCUT2D eigenvalue weighted by atomic mass is 9.98. The van der Waals surface area contributed by atoms with E-state index >= 15 is 0 Å². The number of anilines is 2. The van der Waals surface area contributed by atoms with E-state index in [0.29, 0.717) is 29.2 Å². The van der Waals surface area contributed by atoms with Crippen molar-refractivity contribution in [1.82, 2.24) is 19.5 Å². The zero-order valence-electron chi connectivity index (χ0n) is 20.8. The second-order valence-electron chi connectivity index (χ2n) is 9.63. The topological polar surface area (TPSA) is 74.6 Å². The summed E-state index contributed by atoms with van der Waals surface area (Å²) >= 11 is 6.45. The van der Waals surface area contributed by atoms with Crippen molar-refractivity contribution >= 4 is 58.9 Å². The van der Waals surface area contributed by atoms with E-state index in [4.69, 9.17) is 24.4 Å². The second-order valence-corrected chi connectivity index (χ2v) is 10.0. The summed E-state index contributed by atoms with van der Waals surface area (Å²) in [6.07, 6.45) is 3.57. The molecular weight excluding hydrogens is 495 g/mol. The molecule has 2 radical (unpaired) electrons. The van der Waals surface area contributed by atoms with Gasteiger partial charge in [0.15, 0.2) is 5.65 Å². The first kappa shape index (κ1) is 24.3. The Labute approximate surface area is 227 Å². The minimum atomic E-state index is -0.0711. The van der Waals surface area contributed by atoms with E-state index in [1.807, 2.05) is 77.7 Å². The van der Waals surface area contributed by atoms with Crippen LogP contribution in [0.2, 0.25) is 5.02 Å². The molecule has 1 saturated heterocycles. The number of carbonyl (C=O) groups is 1. The largest absolute Gasteiger partial charge is 0.370 e. The van der Waals surface area contributed by atoms with E-state index in [0.717, 1.165) is 52.9 Å². The maximum absolute atomic E-state index is 13.2. The first-order valence-corrected chi connectivity index (χ1v) is 13.1. The number of hydrogen-bond acceptors (Lipinski definition) is 4. The summed E-state index contributed by atoms with van der Waals surface area (Å²) in [5, 5.41) is 13.8. The van der Waals surface area contributed by atoms with Gasteiger partial charge in [0.2, 0.25) is 0 Å². The standard InChI is InChI=1S/C29H26BClN6O/c30-23-17-33-37-27(15-26(34-28(23)37)22-11-3-4-12-24(22)31)32-16-19-7-6-14-36(18-19)29(38)35-25-13-5-9-20-8-1-2-10-21(20)25/h1-5,8-13,15,17,19,32H,6-7,14,16,18H2,(H,35,38). The second kappa shape index (κ2) is 10.4. The van der Waals surface area contributed by atoms with Crippen molar-refractivity contribution in [2.75, 3.05) is 30.3 Å². The van der Waals surface area contributed by atoms with Crippen LogP contribution in [0.4, 0.5) is 16.3 Å². The molecule has 1 fully saturated rings. The van der Waals surface area contributed by atoms with Crippen LogP contribution in [0.3, 0.4) is 0 Å². The van der Waals surface area contributed by atoms with Crippen LogP contribution in [0, 0.1) is 5.92 Å². The average Bonchev–Trinajstić information content (AvgIpc) is 3.33. The summed E-state index contributed by atoms with van der Waals surface area (Å²) in [4.78, 5) is 19.8. The fourth-order valence-corrected chi connectivity index (χ4v) is 5.34. The van der Waals surface area contributed by atoms with Gasteiger partial charge < -0.3 is 15.5 Å². The van der Waals surface area contributed by atoms with Gasteiger partial charge in [-0.15, -0.1) is 0 Å². The predicted octanol–water partition coefficient (Wildman–Crippen LogP) is 5.35. The number of nitrogens with one attached hydrogen (secondary N) is 2. The van der Waals surface area contributed by atoms with Gasteiger partial charge in [0.05, 0.1) is 11.4 Å². The summed E-state index contributed by atoms with van der Waals surface area (Å²) in [6, 6.07) is 23.5. The number of amides is 2. The first-order valence-electron chi connectivity index (χ1n) is 12.7. The lowest BCUT2D eigenvalue weighted by Gasteiger charge is -2.33. The molecule has 0 bridgehead atoms. The number of urea groups is 1. The van der Waals surface area contributed by atoms with Crippen molar-refractivity contribution in [2.24, 2.45) is 5.92 Å². The molecule has 1 aliphatic heterocycles. The molecule has 0 spiro atoms. The number of piperidine rings is 1. The molecule has 2 N–H and O–H groups in total. The van der Waals surface area contributed by atoms with Gasteiger partial charge in [0.1, 0.15) is 13.7 Å². The maximum Gasteiger partial charge on any atom is 0.321 e. The SMILES string of the molecule is [B]c1cnn2c(NCC3CCCN(C(=O)Nc4cccc5ccccc45)C3)cc(-c3ccccc3Cl)nc12. The summed E-state index contributed by atoms with van der Waals surface area (Å²) in [7, 11) is 6.16. The van der Waals surface area contributed by atoms with Crippen LogP contribution in [-0.2, 0) is 0 Å². The van der Waals surface area contributed by atoms with Crippen LogP contribution in [-0.4, -0.2) is 53.0 Å². The van der Waals surface area contributed by atoms with Gasteiger partial charge in [0, 0.05) is 47.9 Å². The molecule has 0 aliphatic carbocycles. The Morgan fingerprint density at radius 3 is 2.79 bits per heavy atom. The van der Waals surface area contributed by atoms with Gasteiger partial charge in [0.25, 0.3) is 0 Å². The van der Waals surface area contributed by atoms with Crippen LogP contribution in [0.15, 0.2) is 79.0 Å². The minimum absolute atomic E-state index is 0.0711. The van der Waals surface area contributed by atoms with Crippen LogP contribution in [0.1, 0.15) is 12.8 Å². The highest BCUT2D eigenvalue weighted by Crippen LogP contribution is 2.29. The first-order chi connectivity index (χ1) is 18.6. The number of benzene rings is 3. The third kappa shape index (κ3) is 4.79. The molecule has 1 unspecified atom stereocenters. The monoisotopic (exact) mass is 520 g/mol. The van der Waals surface area contributed by atoms with Gasteiger partial charge in [-0.05, 0) is 41.7 Å². The molecule has 188 valence electrons. The highest BCUT2D eigenvalue weighted by atomic mass is 35.5. The number of carbonyl (C=O) groups excluding carboxylic acids is 1. The average molecular weight is 521 g/mol. The zero-order chi connectivity index (χ0) is 26.1. The Morgan fingerprint density at radius 1 is 1.08 bits per heavy atom. The molecule has 2 aromatic heterocycles. The highest BCUT2D eigenvalue weighted by molar-refractivity contribution is 6.36. The fraction of sp³-hybridized carbons (Fsp3) is 0.207. The van der Waals surface area contributed by atoms with E-state index in [2.05, 4.69) is 15.7 Å². The Morgan fingerprint density at radius 2 is 1.89 bits per heavy atom. The number of fused-ring (bicyclic) bond motifs is 2. The van der Waals surface area contributed by atoms with Crippen LogP contribution in [0.5, 0.6) is 0 Å². The highest BCUT2D eigenvalue weighted by Gasteiger charge is 2.24. The van der Waals surface area contributed by atoms with Gasteiger partial charge >= 0.3 is 6.03 Å². The summed E-state index contributed by atoms with van der Waals surface area (Å²) in [5.74, 6) is 1.06. The molecule has 3 aromatic carbocycles. The normalized spacial score (nSPS) is 15.6. The minimum Gasteiger partial charge on any atom is -0.370 e. The van der Waals surface area contributed by atoms with E-state index in [9.17, 15) is 4.79 Å². The smallest absolute Gasteiger partial charge is 0.321 e. The van der Waals surface area contributed by atoms with Gasteiger partial charge in [-0.2, -0.15) is 9.61 Å². The molecule has 2 amide bonds. The molecule has 1 aliphatic rings. The summed E-state index contributed by atoms with van der Waals surface area (Å²) in [5.41, 5.74) is 3.45. The van der Waals surface area contributed by atoms with Crippen LogP contribution in [0.25, 0.3) is 27.7 Å². The lowest BCUT2D eigenvalue weighted by molar-refractivity contribution is 0.180. The van der Waals surface area contributed by atoms with Crippen molar-refractivity contribution in [3.05, 3.63) is 84.0 Å². The van der Waals surface area contributed by atoms with Crippen molar-refractivity contribution < 1.29 is 4.79 Å². The third-order valence-corrected chi connectivity index (χ3v) is 7.39. The quantitative estimate of drug-likeness (QED) is 0.306. The number of likely N-dealkylation sites (tertiary alicyclic amines) is 1. The van der Waals surface area contributed by atoms with Crippen LogP contribution < -0.4 is 16.1 Å². The van der Waals surface area contributed by atoms with Gasteiger partial charge in [-0.1, -0.05) is 66.2 Å². The molecule has 9 heteroatoms. The predicted molar refractivity (Wildman–Crippen MR) is 155 cm³/mol. The van der Waals surface area contributed by atoms with Crippen molar-refractivity contribution in [3.8, 4) is 11.3 Å². The van der Waals surface area contributed by atoms with Gasteiger partial charge in [-0.25, -0.2) is 9.78 Å². The van der Waals surface area contributed by atoms with Crippen molar-refractivity contribution in [2.45, 2.75) is 12.8 Å². The van der Waals surface area contributed by atoms with E-state index < -0.39 is 0 Å². The van der Waals surface area contributed by atoms with E-state index in [1.54, 1.807) is 10.7 Å². The molecule has 38 heavy (non-hydrogen) atoms. The Kier molecular flexibility index (Phi) is 6.64. The molecule has 3 heterocycles. The number of hydrogen-bond donors (Lipinski definition) is 2. The fourth-order valence-electron chi connectivity index (χ4n) is 5.11. The Hall–Kier alpha value is -4.04. The molecule has 6 rings (SSSR count). The molecule has 1 atom stereocenters. The summed E-state index contributed by atoms with van der Waals surface area (Å²) < 4.78 is 1.71. The molecule has 0 saturated carbocycles. The van der Waals surface area contributed by atoms with Crippen molar-refractivity contribution in [3.63, 3.8) is 0 Å². The number of nitrogens with zero attached hydrogens (tertiary/aromatic N) is 4. The molecular formula is C29H26BClN6O. The zero-order valence-corrected chi connectivity index (χ0v) is 21.5. The van der Waals surface area contributed by atoms with E-state index in [-0.39, 0.29) is 11.9 Å². The third-order valence-electron chi connectivity index (χ3n) is 7.06.